The van der Waals surface area contributed by atoms with E-state index in [2.05, 4.69) is 11.9 Å². The molecule has 0 saturated carbocycles. The Balaban J connectivity index is 2.97. The zero-order valence-electron chi connectivity index (χ0n) is 8.70. The lowest BCUT2D eigenvalue weighted by atomic mass is 10.3. The van der Waals surface area contributed by atoms with Crippen molar-refractivity contribution in [1.82, 2.24) is 4.98 Å². The van der Waals surface area contributed by atoms with E-state index in [4.69, 9.17) is 16.7 Å². The van der Waals surface area contributed by atoms with E-state index in [1.165, 1.54) is 12.3 Å². The molecular weight excluding hydrogens is 216 g/mol. The summed E-state index contributed by atoms with van der Waals surface area (Å²) in [6, 6.07) is 1.42. The normalized spacial score (nSPS) is 10.1. The van der Waals surface area contributed by atoms with Crippen molar-refractivity contribution < 1.29 is 9.90 Å². The minimum atomic E-state index is -1.02. The van der Waals surface area contributed by atoms with Crippen LogP contribution in [-0.4, -0.2) is 29.7 Å². The van der Waals surface area contributed by atoms with Gasteiger partial charge in [0, 0.05) is 19.8 Å². The molecule has 0 aliphatic rings. The topological polar surface area (TPSA) is 53.4 Å². The molecule has 0 spiro atoms. The summed E-state index contributed by atoms with van der Waals surface area (Å²) in [5, 5.41) is 9.10. The second kappa shape index (κ2) is 4.98. The van der Waals surface area contributed by atoms with E-state index < -0.39 is 5.97 Å². The van der Waals surface area contributed by atoms with Crippen LogP contribution in [0.2, 0.25) is 5.02 Å². The number of carboxylic acid groups (broad SMARTS) is 1. The van der Waals surface area contributed by atoms with E-state index in [1.807, 2.05) is 11.9 Å². The number of halogens is 1. The van der Waals surface area contributed by atoms with Gasteiger partial charge in [0.25, 0.3) is 0 Å². The summed E-state index contributed by atoms with van der Waals surface area (Å²) in [7, 11) is 1.87. The largest absolute Gasteiger partial charge is 0.478 e. The molecule has 0 aliphatic heterocycles. The van der Waals surface area contributed by atoms with Crippen LogP contribution in [0.4, 0.5) is 5.82 Å². The van der Waals surface area contributed by atoms with Crippen LogP contribution in [0.5, 0.6) is 0 Å². The van der Waals surface area contributed by atoms with Crippen molar-refractivity contribution in [3.8, 4) is 0 Å². The fourth-order valence-corrected chi connectivity index (χ4v) is 1.58. The van der Waals surface area contributed by atoms with Crippen molar-refractivity contribution in [3.63, 3.8) is 0 Å². The standard InChI is InChI=1S/C10H13ClN2O2/c1-3-4-13(2)9-8(11)5-7(6-12-9)10(14)15/h5-6H,3-4H2,1-2H3,(H,14,15). The number of carbonyl (C=O) groups is 1. The summed E-state index contributed by atoms with van der Waals surface area (Å²) in [5.74, 6) is -0.405. The van der Waals surface area contributed by atoms with Crippen molar-refractivity contribution in [1.29, 1.82) is 0 Å². The first kappa shape index (κ1) is 11.8. The maximum atomic E-state index is 10.6. The van der Waals surface area contributed by atoms with Crippen molar-refractivity contribution in [2.24, 2.45) is 0 Å². The third kappa shape index (κ3) is 2.83. The molecule has 1 heterocycles. The molecule has 1 aromatic heterocycles. The van der Waals surface area contributed by atoms with Crippen LogP contribution < -0.4 is 4.90 Å². The van der Waals surface area contributed by atoms with Crippen LogP contribution in [0, 0.1) is 0 Å². The fraction of sp³-hybridized carbons (Fsp3) is 0.400. The summed E-state index contributed by atoms with van der Waals surface area (Å²) in [4.78, 5) is 16.6. The Hall–Kier alpha value is -1.29. The summed E-state index contributed by atoms with van der Waals surface area (Å²) in [6.07, 6.45) is 2.30. The molecule has 5 heteroatoms. The molecule has 0 amide bonds. The third-order valence-electron chi connectivity index (χ3n) is 1.99. The number of hydrogen-bond acceptors (Lipinski definition) is 3. The van der Waals surface area contributed by atoms with Crippen molar-refractivity contribution in [3.05, 3.63) is 22.8 Å². The number of aromatic carboxylic acids is 1. The number of carboxylic acids is 1. The molecule has 4 nitrogen and oxygen atoms in total. The highest BCUT2D eigenvalue weighted by molar-refractivity contribution is 6.33. The second-order valence-corrected chi connectivity index (χ2v) is 3.66. The lowest BCUT2D eigenvalue weighted by molar-refractivity contribution is 0.0696. The summed E-state index contributed by atoms with van der Waals surface area (Å²) < 4.78 is 0. The molecular formula is C10H13ClN2O2. The average Bonchev–Trinajstić information content (AvgIpc) is 2.17. The third-order valence-corrected chi connectivity index (χ3v) is 2.27. The Labute approximate surface area is 93.5 Å². The minimum Gasteiger partial charge on any atom is -0.478 e. The van der Waals surface area contributed by atoms with Crippen molar-refractivity contribution in [2.45, 2.75) is 13.3 Å². The van der Waals surface area contributed by atoms with E-state index in [1.54, 1.807) is 0 Å². The highest BCUT2D eigenvalue weighted by Gasteiger charge is 2.10. The van der Waals surface area contributed by atoms with Crippen LogP contribution in [0.15, 0.2) is 12.3 Å². The molecule has 0 saturated heterocycles. The summed E-state index contributed by atoms with van der Waals surface area (Å²) in [6.45, 7) is 2.88. The molecule has 0 bridgehead atoms. The maximum Gasteiger partial charge on any atom is 0.337 e. The van der Waals surface area contributed by atoms with Gasteiger partial charge in [0.15, 0.2) is 0 Å². The Morgan fingerprint density at radius 2 is 2.33 bits per heavy atom. The maximum absolute atomic E-state index is 10.6. The van der Waals surface area contributed by atoms with Gasteiger partial charge in [-0.25, -0.2) is 9.78 Å². The molecule has 0 aliphatic carbocycles. The van der Waals surface area contributed by atoms with Crippen molar-refractivity contribution >= 4 is 23.4 Å². The first-order valence-electron chi connectivity index (χ1n) is 4.66. The van der Waals surface area contributed by atoms with E-state index in [9.17, 15) is 4.79 Å². The van der Waals surface area contributed by atoms with E-state index in [-0.39, 0.29) is 5.56 Å². The summed E-state index contributed by atoms with van der Waals surface area (Å²) in [5.41, 5.74) is 0.105. The molecule has 0 atom stereocenters. The first-order valence-corrected chi connectivity index (χ1v) is 5.04. The zero-order chi connectivity index (χ0) is 11.4. The van der Waals surface area contributed by atoms with Gasteiger partial charge in [0.1, 0.15) is 5.82 Å². The molecule has 15 heavy (non-hydrogen) atoms. The Bertz CT molecular complexity index is 368. The molecule has 0 radical (unpaired) electrons. The first-order chi connectivity index (χ1) is 7.06. The van der Waals surface area contributed by atoms with E-state index in [0.717, 1.165) is 13.0 Å². The van der Waals surface area contributed by atoms with Crippen LogP contribution >= 0.6 is 11.6 Å². The van der Waals surface area contributed by atoms with E-state index in [0.29, 0.717) is 10.8 Å². The lowest BCUT2D eigenvalue weighted by Gasteiger charge is -2.18. The Kier molecular flexibility index (Phi) is 3.91. The zero-order valence-corrected chi connectivity index (χ0v) is 9.45. The molecule has 0 aromatic carbocycles. The molecule has 1 N–H and O–H groups in total. The van der Waals surface area contributed by atoms with Gasteiger partial charge in [0.2, 0.25) is 0 Å². The number of hydrogen-bond donors (Lipinski definition) is 1. The molecule has 1 aromatic rings. The van der Waals surface area contributed by atoms with Crippen LogP contribution in [-0.2, 0) is 0 Å². The second-order valence-electron chi connectivity index (χ2n) is 3.26. The number of anilines is 1. The minimum absolute atomic E-state index is 0.105. The van der Waals surface area contributed by atoms with Crippen molar-refractivity contribution in [2.75, 3.05) is 18.5 Å². The molecule has 0 unspecified atom stereocenters. The highest BCUT2D eigenvalue weighted by Crippen LogP contribution is 2.23. The SMILES string of the molecule is CCCN(C)c1ncc(C(=O)O)cc1Cl. The van der Waals surface area contributed by atoms with Gasteiger partial charge in [-0.3, -0.25) is 0 Å². The van der Waals surface area contributed by atoms with Gasteiger partial charge in [-0.2, -0.15) is 0 Å². The van der Waals surface area contributed by atoms with Gasteiger partial charge in [-0.1, -0.05) is 18.5 Å². The number of aromatic nitrogens is 1. The lowest BCUT2D eigenvalue weighted by Crippen LogP contribution is -2.19. The van der Waals surface area contributed by atoms with Crippen LogP contribution in [0.25, 0.3) is 0 Å². The average molecular weight is 229 g/mol. The number of pyridine rings is 1. The van der Waals surface area contributed by atoms with Gasteiger partial charge < -0.3 is 10.0 Å². The predicted molar refractivity (Wildman–Crippen MR) is 59.8 cm³/mol. The summed E-state index contributed by atoms with van der Waals surface area (Å²) >= 11 is 5.94. The molecule has 1 rings (SSSR count). The predicted octanol–water partition coefficient (Wildman–Crippen LogP) is 2.28. The van der Waals surface area contributed by atoms with Gasteiger partial charge in [0.05, 0.1) is 10.6 Å². The quantitative estimate of drug-likeness (QED) is 0.859. The Morgan fingerprint density at radius 1 is 1.67 bits per heavy atom. The fourth-order valence-electron chi connectivity index (χ4n) is 1.27. The molecule has 82 valence electrons. The van der Waals surface area contributed by atoms with Gasteiger partial charge >= 0.3 is 5.97 Å². The monoisotopic (exact) mass is 228 g/mol. The highest BCUT2D eigenvalue weighted by atomic mass is 35.5. The number of rotatable bonds is 4. The number of nitrogens with zero attached hydrogens (tertiary/aromatic N) is 2. The van der Waals surface area contributed by atoms with E-state index >= 15 is 0 Å². The van der Waals surface area contributed by atoms with Gasteiger partial charge in [-0.15, -0.1) is 0 Å². The Morgan fingerprint density at radius 3 is 2.80 bits per heavy atom. The van der Waals surface area contributed by atoms with Crippen LogP contribution in [0.1, 0.15) is 23.7 Å². The van der Waals surface area contributed by atoms with Gasteiger partial charge in [-0.05, 0) is 12.5 Å². The van der Waals surface area contributed by atoms with Crippen LogP contribution in [0.3, 0.4) is 0 Å². The molecule has 0 fully saturated rings. The smallest absolute Gasteiger partial charge is 0.337 e.